The van der Waals surface area contributed by atoms with Crippen LogP contribution in [0, 0.1) is 6.92 Å². The molecular formula is C16H21N3. The monoisotopic (exact) mass is 255 g/mol. The van der Waals surface area contributed by atoms with Crippen molar-refractivity contribution in [1.29, 1.82) is 0 Å². The van der Waals surface area contributed by atoms with Crippen LogP contribution in [0.2, 0.25) is 0 Å². The molecule has 0 bridgehead atoms. The van der Waals surface area contributed by atoms with Crippen LogP contribution in [0.25, 0.3) is 0 Å². The Morgan fingerprint density at radius 3 is 2.74 bits per heavy atom. The molecule has 0 spiro atoms. The van der Waals surface area contributed by atoms with Gasteiger partial charge in [0.1, 0.15) is 0 Å². The largest absolute Gasteiger partial charge is 0.294 e. The van der Waals surface area contributed by atoms with Crippen LogP contribution in [0.1, 0.15) is 30.1 Å². The Kier molecular flexibility index (Phi) is 3.65. The van der Waals surface area contributed by atoms with Gasteiger partial charge in [-0.1, -0.05) is 30.3 Å². The number of rotatable bonds is 4. The van der Waals surface area contributed by atoms with E-state index in [-0.39, 0.29) is 0 Å². The molecule has 3 nitrogen and oxygen atoms in total. The van der Waals surface area contributed by atoms with E-state index in [2.05, 4.69) is 58.0 Å². The summed E-state index contributed by atoms with van der Waals surface area (Å²) in [6.07, 6.45) is 4.47. The SMILES string of the molecule is Cc1ccnn1CCN1CCCC1c1ccccc1. The summed E-state index contributed by atoms with van der Waals surface area (Å²) in [5.41, 5.74) is 2.70. The molecule has 0 saturated carbocycles. The number of nitrogens with zero attached hydrogens (tertiary/aromatic N) is 3. The van der Waals surface area contributed by atoms with Crippen molar-refractivity contribution in [1.82, 2.24) is 14.7 Å². The summed E-state index contributed by atoms with van der Waals surface area (Å²) in [4.78, 5) is 2.59. The van der Waals surface area contributed by atoms with E-state index in [9.17, 15) is 0 Å². The molecule has 1 atom stereocenters. The Morgan fingerprint density at radius 1 is 1.16 bits per heavy atom. The lowest BCUT2D eigenvalue weighted by molar-refractivity contribution is 0.242. The highest BCUT2D eigenvalue weighted by molar-refractivity contribution is 5.19. The van der Waals surface area contributed by atoms with Gasteiger partial charge < -0.3 is 0 Å². The minimum Gasteiger partial charge on any atom is -0.294 e. The Balaban J connectivity index is 1.66. The molecule has 0 radical (unpaired) electrons. The summed E-state index contributed by atoms with van der Waals surface area (Å²) < 4.78 is 2.10. The van der Waals surface area contributed by atoms with Crippen molar-refractivity contribution in [3.05, 3.63) is 53.9 Å². The zero-order valence-corrected chi connectivity index (χ0v) is 11.5. The van der Waals surface area contributed by atoms with E-state index in [1.807, 2.05) is 6.20 Å². The Morgan fingerprint density at radius 2 is 2.00 bits per heavy atom. The maximum absolute atomic E-state index is 4.36. The number of aryl methyl sites for hydroxylation is 1. The van der Waals surface area contributed by atoms with Crippen LogP contribution in [0.5, 0.6) is 0 Å². The van der Waals surface area contributed by atoms with E-state index in [4.69, 9.17) is 0 Å². The van der Waals surface area contributed by atoms with Crippen LogP contribution in [-0.2, 0) is 6.54 Å². The summed E-state index contributed by atoms with van der Waals surface area (Å²) in [5, 5.41) is 4.36. The average Bonchev–Trinajstić information content (AvgIpc) is 3.06. The summed E-state index contributed by atoms with van der Waals surface area (Å²) in [5.74, 6) is 0. The second-order valence-corrected chi connectivity index (χ2v) is 5.30. The third-order valence-corrected chi connectivity index (χ3v) is 4.08. The minimum atomic E-state index is 0.595. The fourth-order valence-corrected chi connectivity index (χ4v) is 3.00. The predicted octanol–water partition coefficient (Wildman–Crippen LogP) is 3.03. The van der Waals surface area contributed by atoms with Crippen LogP contribution < -0.4 is 0 Å². The van der Waals surface area contributed by atoms with Crippen molar-refractivity contribution in [2.75, 3.05) is 13.1 Å². The summed E-state index contributed by atoms with van der Waals surface area (Å²) in [6, 6.07) is 13.5. The van der Waals surface area contributed by atoms with Crippen LogP contribution in [0.15, 0.2) is 42.6 Å². The van der Waals surface area contributed by atoms with E-state index in [0.717, 1.165) is 13.1 Å². The molecule has 0 N–H and O–H groups in total. The summed E-state index contributed by atoms with van der Waals surface area (Å²) in [6.45, 7) is 5.40. The summed E-state index contributed by atoms with van der Waals surface area (Å²) in [7, 11) is 0. The predicted molar refractivity (Wildman–Crippen MR) is 77.0 cm³/mol. The van der Waals surface area contributed by atoms with Gasteiger partial charge in [0.25, 0.3) is 0 Å². The minimum absolute atomic E-state index is 0.595. The fourth-order valence-electron chi connectivity index (χ4n) is 3.00. The van der Waals surface area contributed by atoms with Crippen molar-refractivity contribution < 1.29 is 0 Å². The van der Waals surface area contributed by atoms with Gasteiger partial charge in [0.2, 0.25) is 0 Å². The number of hydrogen-bond donors (Lipinski definition) is 0. The van der Waals surface area contributed by atoms with Gasteiger partial charge in [-0.05, 0) is 37.9 Å². The van der Waals surface area contributed by atoms with Crippen LogP contribution >= 0.6 is 0 Å². The van der Waals surface area contributed by atoms with E-state index >= 15 is 0 Å². The first-order valence-electron chi connectivity index (χ1n) is 7.12. The molecule has 1 unspecified atom stereocenters. The van der Waals surface area contributed by atoms with Gasteiger partial charge in [0, 0.05) is 24.5 Å². The molecule has 1 saturated heterocycles. The van der Waals surface area contributed by atoms with Gasteiger partial charge in [-0.25, -0.2) is 0 Å². The molecule has 100 valence electrons. The third-order valence-electron chi connectivity index (χ3n) is 4.08. The second-order valence-electron chi connectivity index (χ2n) is 5.30. The van der Waals surface area contributed by atoms with Crippen LogP contribution in [-0.4, -0.2) is 27.8 Å². The van der Waals surface area contributed by atoms with E-state index in [0.29, 0.717) is 6.04 Å². The maximum Gasteiger partial charge on any atom is 0.0539 e. The number of likely N-dealkylation sites (tertiary alicyclic amines) is 1. The molecule has 19 heavy (non-hydrogen) atoms. The fraction of sp³-hybridized carbons (Fsp3) is 0.438. The van der Waals surface area contributed by atoms with Gasteiger partial charge in [-0.15, -0.1) is 0 Å². The van der Waals surface area contributed by atoms with Crippen molar-refractivity contribution in [2.24, 2.45) is 0 Å². The average molecular weight is 255 g/mol. The number of hydrogen-bond acceptors (Lipinski definition) is 2. The smallest absolute Gasteiger partial charge is 0.0539 e. The molecule has 3 heteroatoms. The topological polar surface area (TPSA) is 21.1 Å². The molecule has 1 aliphatic heterocycles. The van der Waals surface area contributed by atoms with Crippen molar-refractivity contribution in [3.8, 4) is 0 Å². The molecule has 1 aromatic heterocycles. The number of benzene rings is 1. The molecule has 3 rings (SSSR count). The zero-order valence-electron chi connectivity index (χ0n) is 11.5. The molecular weight excluding hydrogens is 234 g/mol. The van der Waals surface area contributed by atoms with Gasteiger partial charge in [-0.2, -0.15) is 5.10 Å². The Hall–Kier alpha value is -1.61. The molecule has 2 aromatic rings. The molecule has 1 aromatic carbocycles. The summed E-state index contributed by atoms with van der Waals surface area (Å²) >= 11 is 0. The second kappa shape index (κ2) is 5.57. The van der Waals surface area contributed by atoms with E-state index < -0.39 is 0 Å². The van der Waals surface area contributed by atoms with Gasteiger partial charge in [-0.3, -0.25) is 9.58 Å². The van der Waals surface area contributed by atoms with Gasteiger partial charge in [0.05, 0.1) is 6.54 Å². The lowest BCUT2D eigenvalue weighted by Gasteiger charge is -2.25. The first-order valence-corrected chi connectivity index (χ1v) is 7.12. The highest BCUT2D eigenvalue weighted by Crippen LogP contribution is 2.31. The molecule has 1 fully saturated rings. The maximum atomic E-state index is 4.36. The number of aromatic nitrogens is 2. The normalized spacial score (nSPS) is 19.9. The highest BCUT2D eigenvalue weighted by Gasteiger charge is 2.25. The van der Waals surface area contributed by atoms with Gasteiger partial charge in [0.15, 0.2) is 0 Å². The lowest BCUT2D eigenvalue weighted by Crippen LogP contribution is -2.27. The first-order chi connectivity index (χ1) is 9.34. The third kappa shape index (κ3) is 2.71. The van der Waals surface area contributed by atoms with Crippen LogP contribution in [0.4, 0.5) is 0 Å². The Labute approximate surface area is 114 Å². The van der Waals surface area contributed by atoms with E-state index in [1.165, 1.54) is 30.6 Å². The van der Waals surface area contributed by atoms with E-state index in [1.54, 1.807) is 0 Å². The van der Waals surface area contributed by atoms with Crippen molar-refractivity contribution >= 4 is 0 Å². The Bertz CT molecular complexity index is 518. The van der Waals surface area contributed by atoms with Crippen molar-refractivity contribution in [2.45, 2.75) is 32.4 Å². The molecule has 0 amide bonds. The quantitative estimate of drug-likeness (QED) is 0.837. The highest BCUT2D eigenvalue weighted by atomic mass is 15.3. The van der Waals surface area contributed by atoms with Gasteiger partial charge >= 0.3 is 0 Å². The van der Waals surface area contributed by atoms with Crippen LogP contribution in [0.3, 0.4) is 0 Å². The zero-order chi connectivity index (χ0) is 13.1. The van der Waals surface area contributed by atoms with Crippen molar-refractivity contribution in [3.63, 3.8) is 0 Å². The standard InChI is InChI=1S/C16H21N3/c1-14-9-10-17-19(14)13-12-18-11-5-8-16(18)15-6-3-2-4-7-15/h2-4,6-7,9-10,16H,5,8,11-13H2,1H3. The molecule has 0 aliphatic carbocycles. The lowest BCUT2D eigenvalue weighted by atomic mass is 10.0. The molecule has 2 heterocycles. The molecule has 1 aliphatic rings. The first kappa shape index (κ1) is 12.4.